The van der Waals surface area contributed by atoms with Gasteiger partial charge in [-0.05, 0) is 61.7 Å². The Morgan fingerprint density at radius 2 is 1.81 bits per heavy atom. The summed E-state index contributed by atoms with van der Waals surface area (Å²) in [7, 11) is 0. The van der Waals surface area contributed by atoms with E-state index in [9.17, 15) is 4.79 Å². The first kappa shape index (κ1) is 17.9. The first-order chi connectivity index (χ1) is 12.9. The standard InChI is InChI=1S/C21H16N4O2/c1-13-7-14(2)9-17(8-13)27-20-18(10-16(11-22)12-23)21(26)25-6-4-5-15(3)19(25)24-20/h4-10H,1-3H3. The van der Waals surface area contributed by atoms with Crippen LogP contribution in [0.15, 0.2) is 46.9 Å². The molecule has 0 aliphatic rings. The van der Waals surface area contributed by atoms with Gasteiger partial charge in [-0.3, -0.25) is 9.20 Å². The van der Waals surface area contributed by atoms with Crippen LogP contribution in [0.5, 0.6) is 11.6 Å². The molecule has 0 unspecified atom stereocenters. The van der Waals surface area contributed by atoms with E-state index in [4.69, 9.17) is 15.3 Å². The second kappa shape index (κ2) is 7.15. The molecule has 132 valence electrons. The molecule has 0 fully saturated rings. The molecule has 0 amide bonds. The third-order valence-electron chi connectivity index (χ3n) is 3.99. The SMILES string of the molecule is Cc1cc(C)cc(Oc2nc3c(C)cccn3c(=O)c2C=C(C#N)C#N)c1. The highest BCUT2D eigenvalue weighted by atomic mass is 16.5. The molecule has 2 heterocycles. The van der Waals surface area contributed by atoms with Crippen molar-refractivity contribution >= 4 is 11.7 Å². The average Bonchev–Trinajstić information content (AvgIpc) is 2.62. The van der Waals surface area contributed by atoms with Crippen LogP contribution in [-0.2, 0) is 0 Å². The van der Waals surface area contributed by atoms with E-state index >= 15 is 0 Å². The zero-order valence-corrected chi connectivity index (χ0v) is 15.1. The Labute approximate surface area is 156 Å². The van der Waals surface area contributed by atoms with E-state index in [0.29, 0.717) is 11.4 Å². The van der Waals surface area contributed by atoms with Crippen LogP contribution < -0.4 is 10.3 Å². The lowest BCUT2D eigenvalue weighted by molar-refractivity contribution is 0.460. The maximum Gasteiger partial charge on any atom is 0.269 e. The zero-order chi connectivity index (χ0) is 19.6. The number of allylic oxidation sites excluding steroid dienone is 1. The molecule has 0 aliphatic heterocycles. The van der Waals surface area contributed by atoms with E-state index in [1.165, 1.54) is 10.5 Å². The van der Waals surface area contributed by atoms with Crippen LogP contribution in [0.25, 0.3) is 11.7 Å². The van der Waals surface area contributed by atoms with Crippen molar-refractivity contribution in [2.45, 2.75) is 20.8 Å². The molecule has 0 radical (unpaired) electrons. The second-order valence-corrected chi connectivity index (χ2v) is 6.23. The monoisotopic (exact) mass is 356 g/mol. The maximum absolute atomic E-state index is 13.0. The molecule has 3 rings (SSSR count). The van der Waals surface area contributed by atoms with E-state index in [0.717, 1.165) is 16.7 Å². The molecule has 3 aromatic rings. The number of pyridine rings is 1. The van der Waals surface area contributed by atoms with Gasteiger partial charge in [0.15, 0.2) is 0 Å². The summed E-state index contributed by atoms with van der Waals surface area (Å²) in [6.07, 6.45) is 2.80. The van der Waals surface area contributed by atoms with Gasteiger partial charge in [0.05, 0.1) is 0 Å². The Morgan fingerprint density at radius 1 is 1.15 bits per heavy atom. The predicted molar refractivity (Wildman–Crippen MR) is 101 cm³/mol. The van der Waals surface area contributed by atoms with Crippen molar-refractivity contribution < 1.29 is 4.74 Å². The van der Waals surface area contributed by atoms with Gasteiger partial charge < -0.3 is 4.74 Å². The molecule has 0 N–H and O–H groups in total. The molecule has 0 saturated heterocycles. The van der Waals surface area contributed by atoms with E-state index in [-0.39, 0.29) is 17.0 Å². The molecule has 0 saturated carbocycles. The first-order valence-corrected chi connectivity index (χ1v) is 8.23. The quantitative estimate of drug-likeness (QED) is 0.665. The smallest absolute Gasteiger partial charge is 0.269 e. The van der Waals surface area contributed by atoms with Gasteiger partial charge in [-0.15, -0.1) is 0 Å². The number of aromatic nitrogens is 2. The fraction of sp³-hybridized carbons (Fsp3) is 0.143. The number of hydrogen-bond acceptors (Lipinski definition) is 5. The molecule has 1 aromatic carbocycles. The van der Waals surface area contributed by atoms with E-state index in [2.05, 4.69) is 4.98 Å². The van der Waals surface area contributed by atoms with Crippen LogP contribution in [0.4, 0.5) is 0 Å². The zero-order valence-electron chi connectivity index (χ0n) is 15.1. The van der Waals surface area contributed by atoms with Crippen LogP contribution in [0.3, 0.4) is 0 Å². The van der Waals surface area contributed by atoms with Crippen molar-refractivity contribution in [3.8, 4) is 23.8 Å². The summed E-state index contributed by atoms with van der Waals surface area (Å²) in [5.41, 5.74) is 2.70. The lowest BCUT2D eigenvalue weighted by atomic mass is 10.1. The third-order valence-corrected chi connectivity index (χ3v) is 3.99. The number of fused-ring (bicyclic) bond motifs is 1. The van der Waals surface area contributed by atoms with Gasteiger partial charge in [0.2, 0.25) is 5.88 Å². The molecule has 0 bridgehead atoms. The normalized spacial score (nSPS) is 10.1. The molecular weight excluding hydrogens is 340 g/mol. The van der Waals surface area contributed by atoms with Crippen LogP contribution in [0, 0.1) is 43.4 Å². The molecule has 6 heteroatoms. The van der Waals surface area contributed by atoms with Gasteiger partial charge in [0.1, 0.15) is 34.7 Å². The van der Waals surface area contributed by atoms with Gasteiger partial charge >= 0.3 is 0 Å². The Balaban J connectivity index is 2.30. The van der Waals surface area contributed by atoms with Gasteiger partial charge in [-0.25, -0.2) is 0 Å². The number of ether oxygens (including phenoxy) is 1. The predicted octanol–water partition coefficient (Wildman–Crippen LogP) is 3.84. The fourth-order valence-corrected chi connectivity index (χ4v) is 2.83. The first-order valence-electron chi connectivity index (χ1n) is 8.23. The summed E-state index contributed by atoms with van der Waals surface area (Å²) in [5, 5.41) is 18.2. The Kier molecular flexibility index (Phi) is 4.74. The molecular formula is C21H16N4O2. The Hall–Kier alpha value is -3.90. The lowest BCUT2D eigenvalue weighted by Crippen LogP contribution is -2.19. The summed E-state index contributed by atoms with van der Waals surface area (Å²) < 4.78 is 7.29. The molecule has 0 aliphatic carbocycles. The van der Waals surface area contributed by atoms with Gasteiger partial charge in [0.25, 0.3) is 5.56 Å². The number of benzene rings is 1. The lowest BCUT2D eigenvalue weighted by Gasteiger charge is -2.12. The molecule has 2 aromatic heterocycles. The summed E-state index contributed by atoms with van der Waals surface area (Å²) in [6.45, 7) is 5.72. The number of aryl methyl sites for hydroxylation is 3. The van der Waals surface area contributed by atoms with Crippen LogP contribution in [0.1, 0.15) is 22.3 Å². The minimum atomic E-state index is -0.411. The van der Waals surface area contributed by atoms with E-state index in [1.807, 2.05) is 45.0 Å². The molecule has 0 atom stereocenters. The fourth-order valence-electron chi connectivity index (χ4n) is 2.83. The highest BCUT2D eigenvalue weighted by Crippen LogP contribution is 2.26. The third kappa shape index (κ3) is 3.56. The van der Waals surface area contributed by atoms with Crippen molar-refractivity contribution in [2.75, 3.05) is 0 Å². The molecule has 6 nitrogen and oxygen atoms in total. The van der Waals surface area contributed by atoms with Crippen molar-refractivity contribution in [3.05, 3.63) is 74.7 Å². The Morgan fingerprint density at radius 3 is 2.44 bits per heavy atom. The van der Waals surface area contributed by atoms with Crippen LogP contribution >= 0.6 is 0 Å². The number of nitrogens with zero attached hydrogens (tertiary/aromatic N) is 4. The summed E-state index contributed by atoms with van der Waals surface area (Å²) in [6, 6.07) is 12.8. The molecule has 27 heavy (non-hydrogen) atoms. The van der Waals surface area contributed by atoms with E-state index in [1.54, 1.807) is 24.4 Å². The number of rotatable bonds is 3. The van der Waals surface area contributed by atoms with Crippen LogP contribution in [0.2, 0.25) is 0 Å². The summed E-state index contributed by atoms with van der Waals surface area (Å²) in [5.74, 6) is 0.588. The topological polar surface area (TPSA) is 91.2 Å². The van der Waals surface area contributed by atoms with Crippen molar-refractivity contribution in [1.82, 2.24) is 9.38 Å². The highest BCUT2D eigenvalue weighted by Gasteiger charge is 2.15. The minimum Gasteiger partial charge on any atom is -0.438 e. The van der Waals surface area contributed by atoms with Crippen molar-refractivity contribution in [2.24, 2.45) is 0 Å². The van der Waals surface area contributed by atoms with E-state index < -0.39 is 5.56 Å². The minimum absolute atomic E-state index is 0.0513. The van der Waals surface area contributed by atoms with Crippen molar-refractivity contribution in [1.29, 1.82) is 10.5 Å². The molecule has 0 spiro atoms. The largest absolute Gasteiger partial charge is 0.438 e. The number of nitriles is 2. The van der Waals surface area contributed by atoms with Gasteiger partial charge in [0, 0.05) is 6.20 Å². The number of hydrogen-bond donors (Lipinski definition) is 0. The van der Waals surface area contributed by atoms with Crippen LogP contribution in [-0.4, -0.2) is 9.38 Å². The summed E-state index contributed by atoms with van der Waals surface area (Å²) >= 11 is 0. The average molecular weight is 356 g/mol. The highest BCUT2D eigenvalue weighted by molar-refractivity contribution is 5.66. The Bertz CT molecular complexity index is 1190. The van der Waals surface area contributed by atoms with Gasteiger partial charge in [-0.1, -0.05) is 12.1 Å². The summed E-state index contributed by atoms with van der Waals surface area (Å²) in [4.78, 5) is 17.5. The second-order valence-electron chi connectivity index (χ2n) is 6.23. The van der Waals surface area contributed by atoms with Crippen molar-refractivity contribution in [3.63, 3.8) is 0 Å². The van der Waals surface area contributed by atoms with Gasteiger partial charge in [-0.2, -0.15) is 15.5 Å². The maximum atomic E-state index is 13.0.